The Morgan fingerprint density at radius 2 is 2.00 bits per heavy atom. The van der Waals surface area contributed by atoms with E-state index in [1.54, 1.807) is 0 Å². The van der Waals surface area contributed by atoms with E-state index in [0.717, 1.165) is 19.5 Å². The molecular weight excluding hydrogens is 314 g/mol. The van der Waals surface area contributed by atoms with Crippen LogP contribution in [0.4, 0.5) is 0 Å². The lowest BCUT2D eigenvalue weighted by Crippen LogP contribution is -2.48. The summed E-state index contributed by atoms with van der Waals surface area (Å²) in [6, 6.07) is 11.8. The highest BCUT2D eigenvalue weighted by Crippen LogP contribution is 2.39. The van der Waals surface area contributed by atoms with Gasteiger partial charge in [-0.25, -0.2) is 4.98 Å². The van der Waals surface area contributed by atoms with Crippen molar-refractivity contribution in [2.45, 2.75) is 65.2 Å². The van der Waals surface area contributed by atoms with Gasteiger partial charge >= 0.3 is 0 Å². The molecule has 1 aliphatic heterocycles. The second-order valence-corrected chi connectivity index (χ2v) is 8.69. The molecule has 0 aliphatic carbocycles. The molecule has 0 radical (unpaired) electrons. The van der Waals surface area contributed by atoms with E-state index in [1.807, 2.05) is 11.3 Å². The molecule has 1 aliphatic rings. The number of hydrogen-bond acceptors (Lipinski definition) is 4. The van der Waals surface area contributed by atoms with Crippen LogP contribution < -0.4 is 5.32 Å². The van der Waals surface area contributed by atoms with Gasteiger partial charge in [0.05, 0.1) is 11.2 Å². The van der Waals surface area contributed by atoms with E-state index < -0.39 is 0 Å². The van der Waals surface area contributed by atoms with Crippen LogP contribution in [0.2, 0.25) is 0 Å². The fourth-order valence-corrected chi connectivity index (χ4v) is 4.85. The fraction of sp³-hybridized carbons (Fsp3) is 0.550. The average molecular weight is 344 g/mol. The summed E-state index contributed by atoms with van der Waals surface area (Å²) in [6.07, 6.45) is 1.12. The Balaban J connectivity index is 1.87. The number of aryl methyl sites for hydroxylation is 2. The minimum Gasteiger partial charge on any atom is -0.302 e. The summed E-state index contributed by atoms with van der Waals surface area (Å²) in [7, 11) is 0. The van der Waals surface area contributed by atoms with Crippen LogP contribution in [0.5, 0.6) is 0 Å². The highest BCUT2D eigenvalue weighted by molar-refractivity contribution is 7.11. The van der Waals surface area contributed by atoms with Crippen molar-refractivity contribution >= 4 is 11.3 Å². The number of thiazole rings is 1. The number of benzene rings is 1. The lowest BCUT2D eigenvalue weighted by atomic mass is 9.96. The monoisotopic (exact) mass is 343 g/mol. The van der Waals surface area contributed by atoms with E-state index >= 15 is 0 Å². The quantitative estimate of drug-likeness (QED) is 0.880. The van der Waals surface area contributed by atoms with E-state index in [2.05, 4.69) is 75.2 Å². The highest BCUT2D eigenvalue weighted by Gasteiger charge is 2.45. The van der Waals surface area contributed by atoms with Crippen LogP contribution in [0.3, 0.4) is 0 Å². The van der Waals surface area contributed by atoms with Gasteiger partial charge < -0.3 is 5.32 Å². The molecule has 4 heteroatoms. The average Bonchev–Trinajstić information content (AvgIpc) is 3.01. The van der Waals surface area contributed by atoms with Crippen molar-refractivity contribution in [3.05, 3.63) is 51.5 Å². The maximum atomic E-state index is 4.92. The van der Waals surface area contributed by atoms with Gasteiger partial charge in [0.25, 0.3) is 0 Å². The molecule has 0 amide bonds. The van der Waals surface area contributed by atoms with Crippen molar-refractivity contribution in [1.82, 2.24) is 15.2 Å². The van der Waals surface area contributed by atoms with Crippen molar-refractivity contribution in [1.29, 1.82) is 0 Å². The zero-order valence-corrected chi connectivity index (χ0v) is 16.3. The second-order valence-electron chi connectivity index (χ2n) is 7.49. The Kier molecular flexibility index (Phi) is 5.09. The molecule has 3 nitrogen and oxygen atoms in total. The Morgan fingerprint density at radius 1 is 1.29 bits per heavy atom. The number of rotatable bonds is 5. The molecule has 0 saturated carbocycles. The van der Waals surface area contributed by atoms with E-state index in [4.69, 9.17) is 4.98 Å². The number of nitrogens with one attached hydrogen (secondary N) is 1. The molecule has 2 heterocycles. The molecule has 1 saturated heterocycles. The summed E-state index contributed by atoms with van der Waals surface area (Å²) < 4.78 is 0. The number of likely N-dealkylation sites (tertiary alicyclic amines) is 1. The third-order valence-electron chi connectivity index (χ3n) is 4.97. The summed E-state index contributed by atoms with van der Waals surface area (Å²) in [5.74, 6) is 0. The third kappa shape index (κ3) is 3.56. The van der Waals surface area contributed by atoms with E-state index in [1.165, 1.54) is 21.1 Å². The number of hydrogen-bond donors (Lipinski definition) is 1. The minimum atomic E-state index is -0.0218. The first-order valence-corrected chi connectivity index (χ1v) is 9.71. The summed E-state index contributed by atoms with van der Waals surface area (Å²) in [5, 5.41) is 5.12. The van der Waals surface area contributed by atoms with Crippen molar-refractivity contribution in [2.75, 3.05) is 6.54 Å². The molecule has 1 aromatic carbocycles. The third-order valence-corrected chi connectivity index (χ3v) is 6.25. The smallest absolute Gasteiger partial charge is 0.115 e. The first kappa shape index (κ1) is 17.6. The Hall–Kier alpha value is -1.23. The highest BCUT2D eigenvalue weighted by atomic mass is 32.1. The predicted octanol–water partition coefficient (Wildman–Crippen LogP) is 4.25. The fourth-order valence-electron chi connectivity index (χ4n) is 3.78. The molecule has 2 unspecified atom stereocenters. The molecule has 2 aromatic rings. The van der Waals surface area contributed by atoms with Crippen LogP contribution in [-0.2, 0) is 12.1 Å². The Labute approximate surface area is 150 Å². The standard InChI is InChI=1S/C20H29N3S/c1-14(2)22-20(19-21-16(4)17(5)24-19)11-15(3)23(13-20)12-18-9-7-6-8-10-18/h6-10,14-15,22H,11-13H2,1-5H3. The molecule has 130 valence electrons. The number of aromatic nitrogens is 1. The van der Waals surface area contributed by atoms with Crippen molar-refractivity contribution in [3.8, 4) is 0 Å². The van der Waals surface area contributed by atoms with Gasteiger partial charge in [0.2, 0.25) is 0 Å². The molecule has 1 fully saturated rings. The van der Waals surface area contributed by atoms with Crippen LogP contribution in [0.15, 0.2) is 30.3 Å². The van der Waals surface area contributed by atoms with Crippen LogP contribution in [0, 0.1) is 13.8 Å². The second kappa shape index (κ2) is 6.95. The zero-order valence-electron chi connectivity index (χ0n) is 15.5. The van der Waals surface area contributed by atoms with E-state index in [0.29, 0.717) is 12.1 Å². The Morgan fingerprint density at radius 3 is 2.58 bits per heavy atom. The van der Waals surface area contributed by atoms with Crippen LogP contribution in [0.25, 0.3) is 0 Å². The molecule has 24 heavy (non-hydrogen) atoms. The zero-order chi connectivity index (χ0) is 17.3. The van der Waals surface area contributed by atoms with Gasteiger partial charge in [-0.15, -0.1) is 11.3 Å². The van der Waals surface area contributed by atoms with E-state index in [-0.39, 0.29) is 5.54 Å². The largest absolute Gasteiger partial charge is 0.302 e. The lowest BCUT2D eigenvalue weighted by molar-refractivity contribution is 0.237. The summed E-state index contributed by atoms with van der Waals surface area (Å²) >= 11 is 1.86. The number of nitrogens with zero attached hydrogens (tertiary/aromatic N) is 2. The van der Waals surface area contributed by atoms with Gasteiger partial charge in [-0.1, -0.05) is 30.3 Å². The van der Waals surface area contributed by atoms with Gasteiger partial charge in [-0.2, -0.15) is 0 Å². The minimum absolute atomic E-state index is 0.0218. The molecule has 3 rings (SSSR count). The van der Waals surface area contributed by atoms with Crippen LogP contribution in [0.1, 0.15) is 48.3 Å². The molecule has 2 atom stereocenters. The van der Waals surface area contributed by atoms with Gasteiger partial charge in [0.15, 0.2) is 0 Å². The molecule has 1 aromatic heterocycles. The Bertz CT molecular complexity index is 660. The van der Waals surface area contributed by atoms with Crippen molar-refractivity contribution in [3.63, 3.8) is 0 Å². The van der Waals surface area contributed by atoms with Gasteiger partial charge in [-0.05, 0) is 46.6 Å². The first-order valence-electron chi connectivity index (χ1n) is 8.90. The topological polar surface area (TPSA) is 28.2 Å². The summed E-state index contributed by atoms with van der Waals surface area (Å²) in [6.45, 7) is 13.2. The van der Waals surface area contributed by atoms with Crippen molar-refractivity contribution < 1.29 is 0 Å². The maximum absolute atomic E-state index is 4.92. The van der Waals surface area contributed by atoms with Gasteiger partial charge in [0, 0.05) is 30.1 Å². The summed E-state index contributed by atoms with van der Waals surface area (Å²) in [5.41, 5.74) is 2.54. The first-order chi connectivity index (χ1) is 11.4. The molecular formula is C20H29N3S. The molecule has 1 N–H and O–H groups in total. The van der Waals surface area contributed by atoms with Crippen molar-refractivity contribution in [2.24, 2.45) is 0 Å². The molecule has 0 bridgehead atoms. The maximum Gasteiger partial charge on any atom is 0.115 e. The van der Waals surface area contributed by atoms with E-state index in [9.17, 15) is 0 Å². The SMILES string of the molecule is Cc1nc(C2(NC(C)C)CC(C)N(Cc3ccccc3)C2)sc1C. The van der Waals surface area contributed by atoms with Gasteiger partial charge in [0.1, 0.15) is 5.01 Å². The lowest BCUT2D eigenvalue weighted by Gasteiger charge is -2.31. The predicted molar refractivity (Wildman–Crippen MR) is 102 cm³/mol. The summed E-state index contributed by atoms with van der Waals surface area (Å²) in [4.78, 5) is 8.85. The normalized spacial score (nSPS) is 24.8. The van der Waals surface area contributed by atoms with Crippen LogP contribution >= 0.6 is 11.3 Å². The van der Waals surface area contributed by atoms with Gasteiger partial charge in [-0.3, -0.25) is 4.90 Å². The van der Waals surface area contributed by atoms with Crippen LogP contribution in [-0.4, -0.2) is 28.5 Å². The molecule has 0 spiro atoms.